The van der Waals surface area contributed by atoms with Crippen molar-refractivity contribution >= 4 is 5.97 Å². The van der Waals surface area contributed by atoms with Crippen molar-refractivity contribution in [2.24, 2.45) is 0 Å². The van der Waals surface area contributed by atoms with Crippen molar-refractivity contribution in [3.8, 4) is 0 Å². The van der Waals surface area contributed by atoms with Crippen LogP contribution in [-0.2, 0) is 15.1 Å². The summed E-state index contributed by atoms with van der Waals surface area (Å²) < 4.78 is 4.44. The maximum absolute atomic E-state index is 10.9. The molecule has 80 valence electrons. The van der Waals surface area contributed by atoms with Crippen LogP contribution < -0.4 is 0 Å². The molecule has 0 aliphatic carbocycles. The van der Waals surface area contributed by atoms with Gasteiger partial charge in [-0.2, -0.15) is 0 Å². The van der Waals surface area contributed by atoms with Crippen molar-refractivity contribution in [3.05, 3.63) is 48.0 Å². The molecular weight excluding hydrogens is 192 g/mol. The van der Waals surface area contributed by atoms with Gasteiger partial charge in [0.05, 0.1) is 7.11 Å². The molecule has 0 fully saturated rings. The monoisotopic (exact) mass is 206 g/mol. The second-order valence-electron chi connectivity index (χ2n) is 3.37. The van der Waals surface area contributed by atoms with Crippen molar-refractivity contribution in [1.82, 2.24) is 0 Å². The van der Waals surface area contributed by atoms with Crippen molar-refractivity contribution < 1.29 is 14.6 Å². The third-order valence-electron chi connectivity index (χ3n) is 2.10. The standard InChI is InChI=1S/C12H14O3/c1-12(14,9-8-11(13)15-2)10-6-4-3-5-7-10/h3-9,14H,1-2H3/b9-8+/t12-/m1/s1. The zero-order chi connectivity index (χ0) is 11.3. The Hall–Kier alpha value is -1.61. The highest BCUT2D eigenvalue weighted by Gasteiger charge is 2.18. The SMILES string of the molecule is COC(=O)/C=C/[C@@](C)(O)c1ccccc1. The topological polar surface area (TPSA) is 46.5 Å². The second kappa shape index (κ2) is 4.75. The van der Waals surface area contributed by atoms with E-state index in [9.17, 15) is 9.90 Å². The van der Waals surface area contributed by atoms with E-state index in [4.69, 9.17) is 0 Å². The fourth-order valence-electron chi connectivity index (χ4n) is 1.17. The molecule has 0 unspecified atom stereocenters. The number of carbonyl (C=O) groups is 1. The summed E-state index contributed by atoms with van der Waals surface area (Å²) in [5.74, 6) is -0.480. The number of hydrogen-bond donors (Lipinski definition) is 1. The van der Waals surface area contributed by atoms with Gasteiger partial charge in [0.25, 0.3) is 0 Å². The second-order valence-corrected chi connectivity index (χ2v) is 3.37. The molecule has 0 spiro atoms. The van der Waals surface area contributed by atoms with Crippen LogP contribution in [-0.4, -0.2) is 18.2 Å². The first kappa shape index (κ1) is 11.5. The third kappa shape index (κ3) is 3.22. The highest BCUT2D eigenvalue weighted by atomic mass is 16.5. The molecule has 0 aromatic heterocycles. The van der Waals surface area contributed by atoms with Crippen LogP contribution in [0, 0.1) is 0 Å². The molecule has 15 heavy (non-hydrogen) atoms. The van der Waals surface area contributed by atoms with Gasteiger partial charge in [-0.1, -0.05) is 30.3 Å². The smallest absolute Gasteiger partial charge is 0.330 e. The lowest BCUT2D eigenvalue weighted by Gasteiger charge is -2.18. The molecule has 1 N–H and O–H groups in total. The van der Waals surface area contributed by atoms with Crippen molar-refractivity contribution in [3.63, 3.8) is 0 Å². The molecule has 3 nitrogen and oxygen atoms in total. The van der Waals surface area contributed by atoms with Crippen LogP contribution >= 0.6 is 0 Å². The molecule has 0 aliphatic heterocycles. The van der Waals surface area contributed by atoms with Gasteiger partial charge in [-0.3, -0.25) is 0 Å². The summed E-state index contributed by atoms with van der Waals surface area (Å²) in [7, 11) is 1.30. The normalized spacial score (nSPS) is 14.9. The lowest BCUT2D eigenvalue weighted by Crippen LogP contribution is -2.18. The molecule has 1 atom stereocenters. The summed E-state index contributed by atoms with van der Waals surface area (Å²) in [6.07, 6.45) is 2.63. The van der Waals surface area contributed by atoms with Gasteiger partial charge in [0, 0.05) is 6.08 Å². The number of benzene rings is 1. The first-order valence-electron chi connectivity index (χ1n) is 4.61. The molecule has 0 radical (unpaired) electrons. The summed E-state index contributed by atoms with van der Waals surface area (Å²) in [5.41, 5.74) is -0.430. The summed E-state index contributed by atoms with van der Waals surface area (Å²) in [5, 5.41) is 10.0. The zero-order valence-electron chi connectivity index (χ0n) is 8.81. The molecule has 3 heteroatoms. The highest BCUT2D eigenvalue weighted by molar-refractivity contribution is 5.82. The minimum atomic E-state index is -1.16. The molecule has 0 bridgehead atoms. The number of esters is 1. The van der Waals surface area contributed by atoms with Gasteiger partial charge in [-0.05, 0) is 18.6 Å². The summed E-state index contributed by atoms with van der Waals surface area (Å²) in [6, 6.07) is 9.11. The number of methoxy groups -OCH3 is 1. The van der Waals surface area contributed by atoms with E-state index in [1.165, 1.54) is 19.3 Å². The molecule has 1 rings (SSSR count). The predicted octanol–water partition coefficient (Wildman–Crippen LogP) is 1.62. The Morgan fingerprint density at radius 2 is 2.00 bits per heavy atom. The Morgan fingerprint density at radius 1 is 1.40 bits per heavy atom. The molecule has 0 aliphatic rings. The minimum Gasteiger partial charge on any atom is -0.466 e. The predicted molar refractivity (Wildman–Crippen MR) is 57.2 cm³/mol. The van der Waals surface area contributed by atoms with Gasteiger partial charge >= 0.3 is 5.97 Å². The van der Waals surface area contributed by atoms with E-state index in [-0.39, 0.29) is 0 Å². The van der Waals surface area contributed by atoms with Crippen LogP contribution in [0.4, 0.5) is 0 Å². The molecular formula is C12H14O3. The average molecular weight is 206 g/mol. The summed E-state index contributed by atoms with van der Waals surface area (Å²) in [4.78, 5) is 10.9. The molecule has 1 aromatic rings. The fourth-order valence-corrected chi connectivity index (χ4v) is 1.17. The third-order valence-corrected chi connectivity index (χ3v) is 2.10. The number of rotatable bonds is 3. The van der Waals surface area contributed by atoms with Gasteiger partial charge in [-0.15, -0.1) is 0 Å². The van der Waals surface area contributed by atoms with Crippen LogP contribution in [0.5, 0.6) is 0 Å². The van der Waals surface area contributed by atoms with Crippen molar-refractivity contribution in [1.29, 1.82) is 0 Å². The number of hydrogen-bond acceptors (Lipinski definition) is 3. The van der Waals surface area contributed by atoms with Gasteiger partial charge in [0.1, 0.15) is 5.60 Å². The van der Waals surface area contributed by atoms with Crippen LogP contribution in [0.25, 0.3) is 0 Å². The van der Waals surface area contributed by atoms with Crippen LogP contribution in [0.3, 0.4) is 0 Å². The first-order valence-corrected chi connectivity index (χ1v) is 4.61. The van der Waals surface area contributed by atoms with E-state index in [0.29, 0.717) is 0 Å². The fraction of sp³-hybridized carbons (Fsp3) is 0.250. The molecule has 0 saturated heterocycles. The Kier molecular flexibility index (Phi) is 3.63. The largest absolute Gasteiger partial charge is 0.466 e. The minimum absolute atomic E-state index is 0.480. The van der Waals surface area contributed by atoms with E-state index in [0.717, 1.165) is 5.56 Å². The molecule has 0 amide bonds. The highest BCUT2D eigenvalue weighted by Crippen LogP contribution is 2.21. The van der Waals surface area contributed by atoms with E-state index >= 15 is 0 Å². The Balaban J connectivity index is 2.84. The zero-order valence-corrected chi connectivity index (χ0v) is 8.81. The van der Waals surface area contributed by atoms with Gasteiger partial charge < -0.3 is 9.84 Å². The lowest BCUT2D eigenvalue weighted by atomic mass is 9.96. The van der Waals surface area contributed by atoms with Gasteiger partial charge in [-0.25, -0.2) is 4.79 Å². The Morgan fingerprint density at radius 3 is 2.53 bits per heavy atom. The van der Waals surface area contributed by atoms with E-state index in [1.807, 2.05) is 18.2 Å². The molecule has 0 saturated carbocycles. The van der Waals surface area contributed by atoms with Crippen LogP contribution in [0.15, 0.2) is 42.5 Å². The molecule has 1 aromatic carbocycles. The molecule has 0 heterocycles. The maximum atomic E-state index is 10.9. The van der Waals surface area contributed by atoms with Crippen molar-refractivity contribution in [2.45, 2.75) is 12.5 Å². The average Bonchev–Trinajstić information content (AvgIpc) is 2.27. The lowest BCUT2D eigenvalue weighted by molar-refractivity contribution is -0.134. The number of carbonyl (C=O) groups excluding carboxylic acids is 1. The quantitative estimate of drug-likeness (QED) is 0.604. The van der Waals surface area contributed by atoms with E-state index in [2.05, 4.69) is 4.74 Å². The van der Waals surface area contributed by atoms with E-state index < -0.39 is 11.6 Å². The van der Waals surface area contributed by atoms with Crippen molar-refractivity contribution in [2.75, 3.05) is 7.11 Å². The van der Waals surface area contributed by atoms with Gasteiger partial charge in [0.15, 0.2) is 0 Å². The maximum Gasteiger partial charge on any atom is 0.330 e. The Labute approximate surface area is 89.0 Å². The van der Waals surface area contributed by atoms with Gasteiger partial charge in [0.2, 0.25) is 0 Å². The summed E-state index contributed by atoms with van der Waals surface area (Å²) in [6.45, 7) is 1.61. The number of ether oxygens (including phenoxy) is 1. The Bertz CT molecular complexity index is 352. The first-order chi connectivity index (χ1) is 7.06. The number of aliphatic hydroxyl groups is 1. The van der Waals surface area contributed by atoms with Crippen LogP contribution in [0.2, 0.25) is 0 Å². The summed E-state index contributed by atoms with van der Waals surface area (Å²) >= 11 is 0. The van der Waals surface area contributed by atoms with E-state index in [1.54, 1.807) is 19.1 Å². The van der Waals surface area contributed by atoms with Crippen LogP contribution in [0.1, 0.15) is 12.5 Å².